The summed E-state index contributed by atoms with van der Waals surface area (Å²) in [5.41, 5.74) is 0. The third-order valence-electron chi connectivity index (χ3n) is 1.64. The first kappa shape index (κ1) is 13.5. The van der Waals surface area contributed by atoms with Gasteiger partial charge in [0.05, 0.1) is 0 Å². The average molecular weight is 239 g/mol. The molecular weight excluding hydrogens is 227 g/mol. The van der Waals surface area contributed by atoms with Crippen molar-refractivity contribution in [2.75, 3.05) is 0 Å². The Balaban J connectivity index is 4.37. The maximum Gasteiger partial charge on any atom is 0.248 e. The highest BCUT2D eigenvalue weighted by molar-refractivity contribution is 6.65. The summed E-state index contributed by atoms with van der Waals surface area (Å²) in [6, 6.07) is -1.36. The zero-order chi connectivity index (χ0) is 11.1. The minimum atomic E-state index is -0.679. The summed E-state index contributed by atoms with van der Waals surface area (Å²) < 4.78 is 0. The summed E-state index contributed by atoms with van der Waals surface area (Å²) in [5.74, 6) is 0. The second-order valence-corrected chi connectivity index (χ2v) is 3.43. The molecule has 0 fully saturated rings. The van der Waals surface area contributed by atoms with E-state index in [4.69, 9.17) is 23.2 Å². The number of hydrogen-bond acceptors (Lipinski definition) is 4. The quantitative estimate of drug-likeness (QED) is 0.528. The highest BCUT2D eigenvalue weighted by atomic mass is 35.5. The van der Waals surface area contributed by atoms with E-state index in [2.05, 4.69) is 10.2 Å². The molecule has 0 saturated heterocycles. The molecule has 0 aliphatic carbocycles. The van der Waals surface area contributed by atoms with E-state index in [1.807, 2.05) is 0 Å². The van der Waals surface area contributed by atoms with Crippen LogP contribution in [0.5, 0.6) is 0 Å². The normalized spacial score (nSPS) is 15.4. The lowest BCUT2D eigenvalue weighted by Gasteiger charge is -2.04. The van der Waals surface area contributed by atoms with Gasteiger partial charge in [0.2, 0.25) is 10.5 Å². The first-order valence-corrected chi connectivity index (χ1v) is 5.07. The van der Waals surface area contributed by atoms with E-state index in [1.54, 1.807) is 13.8 Å². The molecule has 6 heteroatoms. The number of azo groups is 1. The van der Waals surface area contributed by atoms with Crippen LogP contribution in [0, 0.1) is 0 Å². The van der Waals surface area contributed by atoms with Gasteiger partial charge in [-0.1, -0.05) is 13.8 Å². The maximum absolute atomic E-state index is 10.7. The molecule has 4 nitrogen and oxygen atoms in total. The van der Waals surface area contributed by atoms with Crippen LogP contribution in [0.3, 0.4) is 0 Å². The molecule has 2 unspecified atom stereocenters. The average Bonchev–Trinajstić information content (AvgIpc) is 2.11. The van der Waals surface area contributed by atoms with Crippen LogP contribution in [-0.4, -0.2) is 22.6 Å². The lowest BCUT2D eigenvalue weighted by Crippen LogP contribution is -2.15. The molecule has 0 aromatic carbocycles. The van der Waals surface area contributed by atoms with E-state index < -0.39 is 22.6 Å². The van der Waals surface area contributed by atoms with E-state index in [0.717, 1.165) is 0 Å². The minimum absolute atomic E-state index is 0.457. The zero-order valence-electron chi connectivity index (χ0n) is 8.04. The second-order valence-electron chi connectivity index (χ2n) is 2.69. The van der Waals surface area contributed by atoms with Crippen molar-refractivity contribution in [2.45, 2.75) is 38.8 Å². The molecule has 2 atom stereocenters. The first-order valence-electron chi connectivity index (χ1n) is 4.31. The molecule has 0 aromatic heterocycles. The van der Waals surface area contributed by atoms with Gasteiger partial charge in [-0.05, 0) is 36.0 Å². The van der Waals surface area contributed by atoms with Gasteiger partial charge in [0.15, 0.2) is 0 Å². The zero-order valence-corrected chi connectivity index (χ0v) is 9.55. The monoisotopic (exact) mass is 238 g/mol. The summed E-state index contributed by atoms with van der Waals surface area (Å²) >= 11 is 10.5. The van der Waals surface area contributed by atoms with Crippen molar-refractivity contribution in [3.63, 3.8) is 0 Å². The van der Waals surface area contributed by atoms with Gasteiger partial charge in [-0.3, -0.25) is 9.59 Å². The largest absolute Gasteiger partial charge is 0.279 e. The van der Waals surface area contributed by atoms with E-state index in [0.29, 0.717) is 12.8 Å². The van der Waals surface area contributed by atoms with Gasteiger partial charge in [0, 0.05) is 0 Å². The van der Waals surface area contributed by atoms with Gasteiger partial charge < -0.3 is 0 Å². The molecule has 0 aromatic rings. The van der Waals surface area contributed by atoms with Gasteiger partial charge in [-0.2, -0.15) is 10.2 Å². The molecule has 0 saturated carbocycles. The fourth-order valence-electron chi connectivity index (χ4n) is 0.736. The molecule has 0 rings (SSSR count). The van der Waals surface area contributed by atoms with Crippen LogP contribution in [0.1, 0.15) is 26.7 Å². The smallest absolute Gasteiger partial charge is 0.248 e. The Morgan fingerprint density at radius 3 is 1.43 bits per heavy atom. The Kier molecular flexibility index (Phi) is 6.66. The Morgan fingerprint density at radius 1 is 1.00 bits per heavy atom. The van der Waals surface area contributed by atoms with Gasteiger partial charge in [0.25, 0.3) is 0 Å². The van der Waals surface area contributed by atoms with Crippen molar-refractivity contribution in [2.24, 2.45) is 10.2 Å². The van der Waals surface area contributed by atoms with Crippen LogP contribution < -0.4 is 0 Å². The number of nitrogens with zero attached hydrogens (tertiary/aromatic N) is 2. The van der Waals surface area contributed by atoms with Crippen molar-refractivity contribution >= 4 is 33.7 Å². The van der Waals surface area contributed by atoms with Crippen LogP contribution in [-0.2, 0) is 9.59 Å². The van der Waals surface area contributed by atoms with Crippen molar-refractivity contribution in [1.29, 1.82) is 0 Å². The molecule has 0 amide bonds. The number of rotatable bonds is 6. The van der Waals surface area contributed by atoms with Crippen LogP contribution in [0.2, 0.25) is 0 Å². The summed E-state index contributed by atoms with van der Waals surface area (Å²) in [7, 11) is 0. The van der Waals surface area contributed by atoms with Gasteiger partial charge >= 0.3 is 0 Å². The highest BCUT2D eigenvalue weighted by Gasteiger charge is 2.16. The topological polar surface area (TPSA) is 58.9 Å². The van der Waals surface area contributed by atoms with E-state index >= 15 is 0 Å². The Bertz CT molecular complexity index is 219. The van der Waals surface area contributed by atoms with Crippen molar-refractivity contribution < 1.29 is 9.59 Å². The lowest BCUT2D eigenvalue weighted by molar-refractivity contribution is -0.114. The molecule has 0 aliphatic heterocycles. The van der Waals surface area contributed by atoms with Crippen molar-refractivity contribution in [1.82, 2.24) is 0 Å². The minimum Gasteiger partial charge on any atom is -0.279 e. The van der Waals surface area contributed by atoms with Crippen molar-refractivity contribution in [3.8, 4) is 0 Å². The van der Waals surface area contributed by atoms with Gasteiger partial charge in [-0.25, -0.2) is 0 Å². The Labute approximate surface area is 92.7 Å². The molecule has 80 valence electrons. The first-order chi connectivity index (χ1) is 6.52. The summed E-state index contributed by atoms with van der Waals surface area (Å²) in [5, 5.41) is 6.19. The fraction of sp³-hybridized carbons (Fsp3) is 0.750. The lowest BCUT2D eigenvalue weighted by atomic mass is 10.2. The van der Waals surface area contributed by atoms with E-state index in [9.17, 15) is 9.59 Å². The number of carbonyl (C=O) groups excluding carboxylic acids is 2. The summed E-state index contributed by atoms with van der Waals surface area (Å²) in [6.45, 7) is 3.51. The van der Waals surface area contributed by atoms with Crippen LogP contribution in [0.4, 0.5) is 0 Å². The molecular formula is C8H12Cl2N2O2. The molecule has 0 N–H and O–H groups in total. The predicted molar refractivity (Wildman–Crippen MR) is 54.7 cm³/mol. The summed E-state index contributed by atoms with van der Waals surface area (Å²) in [6.07, 6.45) is 0.914. The molecule has 14 heavy (non-hydrogen) atoms. The molecule has 0 radical (unpaired) electrons. The molecule has 0 heterocycles. The van der Waals surface area contributed by atoms with Gasteiger partial charge in [0.1, 0.15) is 12.1 Å². The Morgan fingerprint density at radius 2 is 1.29 bits per heavy atom. The number of hydrogen-bond donors (Lipinski definition) is 0. The van der Waals surface area contributed by atoms with Crippen LogP contribution >= 0.6 is 23.2 Å². The SMILES string of the molecule is CCC(/N=N/C(CC)C(=O)Cl)C(=O)Cl. The van der Waals surface area contributed by atoms with E-state index in [-0.39, 0.29) is 0 Å². The summed E-state index contributed by atoms with van der Waals surface area (Å²) in [4.78, 5) is 21.5. The Hall–Kier alpha value is -0.480. The van der Waals surface area contributed by atoms with E-state index in [1.165, 1.54) is 0 Å². The van der Waals surface area contributed by atoms with Crippen LogP contribution in [0.15, 0.2) is 10.2 Å². The second kappa shape index (κ2) is 6.90. The number of carbonyl (C=O) groups is 2. The third kappa shape index (κ3) is 4.67. The standard InChI is InChI=1S/C8H12Cl2N2O2/c1-3-5(7(9)13)11-12-6(4-2)8(10)14/h5-6H,3-4H2,1-2H3/b12-11+. The molecule has 0 bridgehead atoms. The third-order valence-corrected chi connectivity index (χ3v) is 2.15. The molecule has 0 aliphatic rings. The number of halogens is 2. The fourth-order valence-corrected chi connectivity index (χ4v) is 1.13. The molecule has 0 spiro atoms. The highest BCUT2D eigenvalue weighted by Crippen LogP contribution is 2.08. The maximum atomic E-state index is 10.7. The van der Waals surface area contributed by atoms with Gasteiger partial charge in [-0.15, -0.1) is 0 Å². The predicted octanol–water partition coefficient (Wildman–Crippen LogP) is 2.53. The van der Waals surface area contributed by atoms with Crippen LogP contribution in [0.25, 0.3) is 0 Å². The van der Waals surface area contributed by atoms with Crippen molar-refractivity contribution in [3.05, 3.63) is 0 Å².